The van der Waals surface area contributed by atoms with E-state index in [-0.39, 0.29) is 5.69 Å². The van der Waals surface area contributed by atoms with Gasteiger partial charge >= 0.3 is 5.97 Å². The molecule has 1 aliphatic heterocycles. The molecule has 1 saturated heterocycles. The smallest absolute Gasteiger partial charge is 0.352 e. The fraction of sp³-hybridized carbons (Fsp3) is 0.417. The highest BCUT2D eigenvalue weighted by molar-refractivity contribution is 5.86. The second-order valence-electron chi connectivity index (χ2n) is 4.52. The average Bonchev–Trinajstić information content (AvgIpc) is 2.99. The van der Waals surface area contributed by atoms with Crippen molar-refractivity contribution in [2.45, 2.75) is 25.3 Å². The van der Waals surface area contributed by atoms with Crippen molar-refractivity contribution in [3.63, 3.8) is 0 Å². The van der Waals surface area contributed by atoms with Crippen LogP contribution in [0.1, 0.15) is 29.2 Å². The molecule has 1 aliphatic rings. The maximum Gasteiger partial charge on any atom is 0.352 e. The first kappa shape index (κ1) is 11.2. The molecule has 2 aromatic rings. The molecule has 3 heterocycles. The third-order valence-corrected chi connectivity index (χ3v) is 3.31. The van der Waals surface area contributed by atoms with Gasteiger partial charge in [0.05, 0.1) is 0 Å². The van der Waals surface area contributed by atoms with Crippen molar-refractivity contribution in [2.75, 3.05) is 6.54 Å². The minimum atomic E-state index is -0.957. The van der Waals surface area contributed by atoms with Crippen LogP contribution < -0.4 is 5.32 Å². The lowest BCUT2D eigenvalue weighted by Gasteiger charge is -2.09. The zero-order valence-corrected chi connectivity index (χ0v) is 9.83. The van der Waals surface area contributed by atoms with E-state index in [2.05, 4.69) is 15.5 Å². The maximum atomic E-state index is 11.2. The van der Waals surface area contributed by atoms with Gasteiger partial charge < -0.3 is 10.4 Å². The van der Waals surface area contributed by atoms with E-state index in [0.717, 1.165) is 19.4 Å². The van der Waals surface area contributed by atoms with E-state index in [4.69, 9.17) is 0 Å². The summed E-state index contributed by atoms with van der Waals surface area (Å²) in [6.07, 6.45) is 2.98. The molecule has 0 aliphatic carbocycles. The van der Waals surface area contributed by atoms with Crippen LogP contribution in [-0.2, 0) is 6.42 Å². The summed E-state index contributed by atoms with van der Waals surface area (Å²) in [5.74, 6) is -0.247. The minimum absolute atomic E-state index is 0.213. The van der Waals surface area contributed by atoms with Gasteiger partial charge in [0.2, 0.25) is 0 Å². The van der Waals surface area contributed by atoms with E-state index < -0.39 is 5.97 Å². The summed E-state index contributed by atoms with van der Waals surface area (Å²) >= 11 is 0. The molecule has 0 aromatic carbocycles. The van der Waals surface area contributed by atoms with E-state index in [1.165, 1.54) is 0 Å². The Morgan fingerprint density at radius 3 is 3.11 bits per heavy atom. The fourth-order valence-corrected chi connectivity index (χ4v) is 2.45. The van der Waals surface area contributed by atoms with Crippen molar-refractivity contribution in [3.8, 4) is 0 Å². The van der Waals surface area contributed by atoms with Gasteiger partial charge in [-0.3, -0.25) is 4.40 Å². The number of hydrogen-bond acceptors (Lipinski definition) is 4. The van der Waals surface area contributed by atoms with Crippen molar-refractivity contribution >= 4 is 11.6 Å². The quantitative estimate of drug-likeness (QED) is 0.834. The van der Waals surface area contributed by atoms with Crippen LogP contribution in [0, 0.1) is 0 Å². The summed E-state index contributed by atoms with van der Waals surface area (Å²) in [6.45, 7) is 1.02. The lowest BCUT2D eigenvalue weighted by atomic mass is 10.1. The zero-order chi connectivity index (χ0) is 12.5. The SMILES string of the molecule is O=C(O)c1cccc2nnc(CC3CCCN3)n12. The molecule has 6 heteroatoms. The molecule has 3 rings (SSSR count). The number of aromatic carboxylic acids is 1. The summed E-state index contributed by atoms with van der Waals surface area (Å²) in [5, 5.41) is 20.7. The monoisotopic (exact) mass is 246 g/mol. The fourth-order valence-electron chi connectivity index (χ4n) is 2.45. The molecule has 0 radical (unpaired) electrons. The van der Waals surface area contributed by atoms with Gasteiger partial charge in [-0.05, 0) is 31.5 Å². The Labute approximate surface area is 104 Å². The number of carboxylic acid groups (broad SMARTS) is 1. The molecule has 1 fully saturated rings. The number of hydrogen-bond donors (Lipinski definition) is 2. The number of aromatic nitrogens is 3. The Balaban J connectivity index is 2.03. The second kappa shape index (κ2) is 4.38. The van der Waals surface area contributed by atoms with Gasteiger partial charge in [0.1, 0.15) is 11.5 Å². The third kappa shape index (κ3) is 1.84. The number of pyridine rings is 1. The topological polar surface area (TPSA) is 79.5 Å². The average molecular weight is 246 g/mol. The van der Waals surface area contributed by atoms with Gasteiger partial charge in [0.15, 0.2) is 5.65 Å². The van der Waals surface area contributed by atoms with Gasteiger partial charge in [-0.15, -0.1) is 10.2 Å². The molecule has 1 atom stereocenters. The third-order valence-electron chi connectivity index (χ3n) is 3.31. The van der Waals surface area contributed by atoms with E-state index in [1.54, 1.807) is 22.6 Å². The molecule has 0 amide bonds. The molecular weight excluding hydrogens is 232 g/mol. The van der Waals surface area contributed by atoms with Crippen LogP contribution in [0.3, 0.4) is 0 Å². The lowest BCUT2D eigenvalue weighted by Crippen LogP contribution is -2.25. The number of nitrogens with one attached hydrogen (secondary N) is 1. The maximum absolute atomic E-state index is 11.2. The van der Waals surface area contributed by atoms with Gasteiger partial charge in [-0.1, -0.05) is 6.07 Å². The van der Waals surface area contributed by atoms with Crippen molar-refractivity contribution < 1.29 is 9.90 Å². The van der Waals surface area contributed by atoms with Gasteiger partial charge in [-0.25, -0.2) is 4.79 Å². The minimum Gasteiger partial charge on any atom is -0.477 e. The Morgan fingerprint density at radius 1 is 1.50 bits per heavy atom. The predicted octanol–water partition coefficient (Wildman–Crippen LogP) is 0.722. The van der Waals surface area contributed by atoms with E-state index >= 15 is 0 Å². The highest BCUT2D eigenvalue weighted by atomic mass is 16.4. The lowest BCUT2D eigenvalue weighted by molar-refractivity contribution is 0.0688. The number of rotatable bonds is 3. The molecule has 0 spiro atoms. The molecule has 2 aromatic heterocycles. The molecule has 2 N–H and O–H groups in total. The summed E-state index contributed by atoms with van der Waals surface area (Å²) in [5.41, 5.74) is 0.799. The normalized spacial score (nSPS) is 19.4. The van der Waals surface area contributed by atoms with Crippen LogP contribution >= 0.6 is 0 Å². The number of nitrogens with zero attached hydrogens (tertiary/aromatic N) is 3. The summed E-state index contributed by atoms with van der Waals surface area (Å²) in [6, 6.07) is 5.40. The van der Waals surface area contributed by atoms with Crippen molar-refractivity contribution in [1.29, 1.82) is 0 Å². The summed E-state index contributed by atoms with van der Waals surface area (Å²) in [7, 11) is 0. The number of fused-ring (bicyclic) bond motifs is 1. The second-order valence-corrected chi connectivity index (χ2v) is 4.52. The molecular formula is C12H14N4O2. The summed E-state index contributed by atoms with van der Waals surface area (Å²) in [4.78, 5) is 11.2. The first-order valence-electron chi connectivity index (χ1n) is 6.05. The highest BCUT2D eigenvalue weighted by Crippen LogP contribution is 2.14. The van der Waals surface area contributed by atoms with Crippen LogP contribution in [-0.4, -0.2) is 38.3 Å². The largest absolute Gasteiger partial charge is 0.477 e. The number of carboxylic acids is 1. The van der Waals surface area contributed by atoms with Crippen LogP contribution in [0.4, 0.5) is 0 Å². The van der Waals surface area contributed by atoms with Crippen molar-refractivity contribution in [3.05, 3.63) is 29.7 Å². The van der Waals surface area contributed by atoms with Gasteiger partial charge in [-0.2, -0.15) is 0 Å². The Hall–Kier alpha value is -1.95. The van der Waals surface area contributed by atoms with Crippen LogP contribution in [0.5, 0.6) is 0 Å². The van der Waals surface area contributed by atoms with Crippen molar-refractivity contribution in [2.24, 2.45) is 0 Å². The number of carbonyl (C=O) groups is 1. The van der Waals surface area contributed by atoms with Crippen LogP contribution in [0.2, 0.25) is 0 Å². The Morgan fingerprint density at radius 2 is 2.39 bits per heavy atom. The molecule has 6 nitrogen and oxygen atoms in total. The Kier molecular flexibility index (Phi) is 2.71. The van der Waals surface area contributed by atoms with Gasteiger partial charge in [0, 0.05) is 12.5 Å². The van der Waals surface area contributed by atoms with E-state index in [1.807, 2.05) is 0 Å². The predicted molar refractivity (Wildman–Crippen MR) is 64.7 cm³/mol. The standard InChI is InChI=1S/C12H14N4O2/c17-12(18)9-4-1-5-10-14-15-11(16(9)10)7-8-3-2-6-13-8/h1,4-5,8,13H,2-3,6-7H2,(H,17,18). The highest BCUT2D eigenvalue weighted by Gasteiger charge is 2.20. The molecule has 1 unspecified atom stereocenters. The van der Waals surface area contributed by atoms with Crippen LogP contribution in [0.25, 0.3) is 5.65 Å². The summed E-state index contributed by atoms with van der Waals surface area (Å²) < 4.78 is 1.63. The van der Waals surface area contributed by atoms with E-state index in [9.17, 15) is 9.90 Å². The first-order chi connectivity index (χ1) is 8.75. The van der Waals surface area contributed by atoms with E-state index in [0.29, 0.717) is 23.9 Å². The molecule has 0 saturated carbocycles. The zero-order valence-electron chi connectivity index (χ0n) is 9.83. The van der Waals surface area contributed by atoms with Crippen LogP contribution in [0.15, 0.2) is 18.2 Å². The molecule has 0 bridgehead atoms. The van der Waals surface area contributed by atoms with Gasteiger partial charge in [0.25, 0.3) is 0 Å². The Bertz CT molecular complexity index is 587. The van der Waals surface area contributed by atoms with Crippen molar-refractivity contribution in [1.82, 2.24) is 19.9 Å². The first-order valence-corrected chi connectivity index (χ1v) is 6.05. The molecule has 94 valence electrons. The molecule has 18 heavy (non-hydrogen) atoms.